The molecule has 0 amide bonds. The number of nitriles is 1. The number of pyridine rings is 1. The van der Waals surface area contributed by atoms with Gasteiger partial charge in [-0.15, -0.1) is 0 Å². The van der Waals surface area contributed by atoms with Crippen LogP contribution in [0.15, 0.2) is 60.7 Å². The average molecular weight is 465 g/mol. The first-order valence-electron chi connectivity index (χ1n) is 12.2. The molecule has 2 aliphatic rings. The molecule has 0 atom stereocenters. The van der Waals surface area contributed by atoms with Gasteiger partial charge in [0.25, 0.3) is 0 Å². The van der Waals surface area contributed by atoms with Crippen LogP contribution < -0.4 is 5.73 Å². The van der Waals surface area contributed by atoms with Crippen molar-refractivity contribution in [3.63, 3.8) is 0 Å². The van der Waals surface area contributed by atoms with E-state index >= 15 is 0 Å². The van der Waals surface area contributed by atoms with Crippen molar-refractivity contribution >= 4 is 16.7 Å². The summed E-state index contributed by atoms with van der Waals surface area (Å²) >= 11 is 0. The molecule has 35 heavy (non-hydrogen) atoms. The minimum atomic E-state index is 0.241. The Hall–Kier alpha value is -3.73. The van der Waals surface area contributed by atoms with Crippen LogP contribution in [0.25, 0.3) is 33.4 Å². The van der Waals surface area contributed by atoms with Crippen LogP contribution in [-0.4, -0.2) is 52.5 Å². The van der Waals surface area contributed by atoms with Gasteiger partial charge in [0, 0.05) is 36.1 Å². The maximum Gasteiger partial charge on any atom is 0.140 e. The van der Waals surface area contributed by atoms with E-state index in [1.54, 1.807) is 0 Å². The van der Waals surface area contributed by atoms with Gasteiger partial charge in [-0.3, -0.25) is 4.90 Å². The van der Waals surface area contributed by atoms with E-state index in [-0.39, 0.29) is 6.04 Å². The lowest BCUT2D eigenvalue weighted by Gasteiger charge is -2.39. The summed E-state index contributed by atoms with van der Waals surface area (Å²) in [6.07, 6.45) is 2.07. The Morgan fingerprint density at radius 2 is 1.77 bits per heavy atom. The fourth-order valence-electron chi connectivity index (χ4n) is 5.27. The summed E-state index contributed by atoms with van der Waals surface area (Å²) in [4.78, 5) is 7.36. The van der Waals surface area contributed by atoms with E-state index in [1.807, 2.05) is 47.1 Å². The smallest absolute Gasteiger partial charge is 0.140 e. The molecule has 7 nitrogen and oxygen atoms in total. The van der Waals surface area contributed by atoms with Crippen molar-refractivity contribution in [3.05, 3.63) is 66.2 Å². The number of rotatable bonds is 5. The number of hydrogen-bond donors (Lipinski definition) is 1. The number of aromatic nitrogens is 3. The second-order valence-electron chi connectivity index (χ2n) is 9.54. The molecule has 2 aromatic heterocycles. The molecular weight excluding hydrogens is 436 g/mol. The summed E-state index contributed by atoms with van der Waals surface area (Å²) in [5, 5.41) is 15.8. The van der Waals surface area contributed by atoms with Crippen molar-refractivity contribution in [1.29, 1.82) is 5.26 Å². The van der Waals surface area contributed by atoms with Gasteiger partial charge in [0.2, 0.25) is 0 Å². The molecule has 2 fully saturated rings. The lowest BCUT2D eigenvalue weighted by molar-refractivity contribution is 0.0172. The Labute approximate surface area is 204 Å². The number of fused-ring (bicyclic) bond motifs is 1. The molecule has 1 aliphatic heterocycles. The van der Waals surface area contributed by atoms with Crippen molar-refractivity contribution < 1.29 is 4.74 Å². The number of benzene rings is 2. The standard InChI is InChI=1S/C28H28N6O/c29-17-24-27(32-34(28(24)30)23-14-19(15-23)18-33-10-12-35-13-11-33)22-7-6-21-8-9-25(31-26(21)16-22)20-4-2-1-3-5-20/h1-9,16,19,23H,10-15,18,30H2/t19-,23-. The summed E-state index contributed by atoms with van der Waals surface area (Å²) in [6.45, 7) is 4.76. The number of nitrogen functional groups attached to an aromatic ring is 1. The van der Waals surface area contributed by atoms with Crippen molar-refractivity contribution in [2.24, 2.45) is 5.92 Å². The quantitative estimate of drug-likeness (QED) is 0.467. The van der Waals surface area contributed by atoms with E-state index in [9.17, 15) is 5.26 Å². The number of anilines is 1. The molecule has 1 saturated carbocycles. The molecule has 2 N–H and O–H groups in total. The van der Waals surface area contributed by atoms with Gasteiger partial charge in [0.15, 0.2) is 0 Å². The van der Waals surface area contributed by atoms with Crippen LogP contribution in [0.2, 0.25) is 0 Å². The Morgan fingerprint density at radius 1 is 1.00 bits per heavy atom. The van der Waals surface area contributed by atoms with E-state index < -0.39 is 0 Å². The zero-order valence-corrected chi connectivity index (χ0v) is 19.6. The highest BCUT2D eigenvalue weighted by Crippen LogP contribution is 2.41. The second-order valence-corrected chi connectivity index (χ2v) is 9.54. The molecule has 3 heterocycles. The van der Waals surface area contributed by atoms with Crippen LogP contribution in [0.5, 0.6) is 0 Å². The molecule has 6 rings (SSSR count). The van der Waals surface area contributed by atoms with Crippen LogP contribution >= 0.6 is 0 Å². The molecule has 1 saturated heterocycles. The number of ether oxygens (including phenoxy) is 1. The van der Waals surface area contributed by atoms with Gasteiger partial charge in [0.05, 0.1) is 30.5 Å². The molecule has 0 unspecified atom stereocenters. The molecule has 4 aromatic rings. The van der Waals surface area contributed by atoms with E-state index in [1.165, 1.54) is 0 Å². The third kappa shape index (κ3) is 4.16. The fraction of sp³-hybridized carbons (Fsp3) is 0.321. The highest BCUT2D eigenvalue weighted by Gasteiger charge is 2.35. The topological polar surface area (TPSA) is 93.0 Å². The number of nitrogens with two attached hydrogens (primary N) is 1. The Bertz CT molecular complexity index is 1390. The predicted molar refractivity (Wildman–Crippen MR) is 137 cm³/mol. The van der Waals surface area contributed by atoms with Gasteiger partial charge >= 0.3 is 0 Å². The number of hydrogen-bond acceptors (Lipinski definition) is 6. The SMILES string of the molecule is N#Cc1c(-c2ccc3ccc(-c4ccccc4)nc3c2)nn([C@H]2C[C@H](CN3CCOCC3)C2)c1N. The Morgan fingerprint density at radius 3 is 2.54 bits per heavy atom. The zero-order chi connectivity index (χ0) is 23.8. The highest BCUT2D eigenvalue weighted by molar-refractivity contribution is 5.87. The van der Waals surface area contributed by atoms with Gasteiger partial charge in [0.1, 0.15) is 23.1 Å². The molecule has 1 aliphatic carbocycles. The van der Waals surface area contributed by atoms with E-state index in [0.717, 1.165) is 73.4 Å². The minimum absolute atomic E-state index is 0.241. The minimum Gasteiger partial charge on any atom is -0.383 e. The first kappa shape index (κ1) is 21.8. The third-order valence-electron chi connectivity index (χ3n) is 7.27. The monoisotopic (exact) mass is 464 g/mol. The Balaban J connectivity index is 1.26. The largest absolute Gasteiger partial charge is 0.383 e. The molecule has 0 bridgehead atoms. The van der Waals surface area contributed by atoms with Gasteiger partial charge in [-0.1, -0.05) is 48.5 Å². The van der Waals surface area contributed by atoms with Crippen molar-refractivity contribution in [2.45, 2.75) is 18.9 Å². The van der Waals surface area contributed by atoms with Crippen LogP contribution in [0.4, 0.5) is 5.82 Å². The van der Waals surface area contributed by atoms with Crippen molar-refractivity contribution in [1.82, 2.24) is 19.7 Å². The van der Waals surface area contributed by atoms with Crippen LogP contribution in [-0.2, 0) is 4.74 Å². The third-order valence-corrected chi connectivity index (χ3v) is 7.27. The lowest BCUT2D eigenvalue weighted by Crippen LogP contribution is -2.43. The molecule has 7 heteroatoms. The maximum absolute atomic E-state index is 9.90. The summed E-state index contributed by atoms with van der Waals surface area (Å²) in [5.41, 5.74) is 11.2. The summed E-state index contributed by atoms with van der Waals surface area (Å²) in [7, 11) is 0. The Kier molecular flexibility index (Phi) is 5.69. The predicted octanol–water partition coefficient (Wildman–Crippen LogP) is 4.50. The summed E-state index contributed by atoms with van der Waals surface area (Å²) < 4.78 is 7.33. The number of morpholine rings is 1. The van der Waals surface area contributed by atoms with Crippen molar-refractivity contribution in [3.8, 4) is 28.6 Å². The van der Waals surface area contributed by atoms with Crippen LogP contribution in [0, 0.1) is 17.2 Å². The zero-order valence-electron chi connectivity index (χ0n) is 19.6. The van der Waals surface area contributed by atoms with E-state index in [0.29, 0.717) is 23.0 Å². The lowest BCUT2D eigenvalue weighted by atomic mass is 9.80. The summed E-state index contributed by atoms with van der Waals surface area (Å²) in [6, 6.07) is 22.8. The highest BCUT2D eigenvalue weighted by atomic mass is 16.5. The van der Waals surface area contributed by atoms with Gasteiger partial charge in [-0.25, -0.2) is 9.67 Å². The first-order valence-corrected chi connectivity index (χ1v) is 12.2. The van der Waals surface area contributed by atoms with E-state index in [4.69, 9.17) is 20.6 Å². The maximum atomic E-state index is 9.90. The summed E-state index contributed by atoms with van der Waals surface area (Å²) in [5.74, 6) is 1.10. The normalized spacial score (nSPS) is 20.4. The number of nitrogens with zero attached hydrogens (tertiary/aromatic N) is 5. The van der Waals surface area contributed by atoms with Gasteiger partial charge in [-0.2, -0.15) is 10.4 Å². The van der Waals surface area contributed by atoms with Crippen LogP contribution in [0.3, 0.4) is 0 Å². The fourth-order valence-corrected chi connectivity index (χ4v) is 5.27. The first-order chi connectivity index (χ1) is 17.2. The second kappa shape index (κ2) is 9.14. The van der Waals surface area contributed by atoms with Gasteiger partial charge < -0.3 is 10.5 Å². The molecule has 0 spiro atoms. The molecule has 176 valence electrons. The molecule has 0 radical (unpaired) electrons. The van der Waals surface area contributed by atoms with Crippen LogP contribution in [0.1, 0.15) is 24.4 Å². The van der Waals surface area contributed by atoms with Gasteiger partial charge in [-0.05, 0) is 30.9 Å². The van der Waals surface area contributed by atoms with Crippen molar-refractivity contribution in [2.75, 3.05) is 38.6 Å². The molecule has 2 aromatic carbocycles. The molecular formula is C28H28N6O. The average Bonchev–Trinajstić information content (AvgIpc) is 3.22. The van der Waals surface area contributed by atoms with E-state index in [2.05, 4.69) is 29.2 Å².